The van der Waals surface area contributed by atoms with Gasteiger partial charge in [-0.1, -0.05) is 11.6 Å². The lowest BCUT2D eigenvalue weighted by Crippen LogP contribution is -2.24. The van der Waals surface area contributed by atoms with E-state index in [4.69, 9.17) is 0 Å². The molecule has 0 fully saturated rings. The third-order valence-electron chi connectivity index (χ3n) is 5.22. The van der Waals surface area contributed by atoms with Crippen LogP contribution in [-0.2, 0) is 21.4 Å². The molecule has 0 radical (unpaired) electrons. The molecule has 164 valence electrons. The van der Waals surface area contributed by atoms with Gasteiger partial charge in [0, 0.05) is 44.2 Å². The Bertz CT molecular complexity index is 1310. The van der Waals surface area contributed by atoms with Gasteiger partial charge in [0.25, 0.3) is 5.56 Å². The Balaban J connectivity index is 1.78. The Morgan fingerprint density at radius 1 is 1.00 bits per heavy atom. The van der Waals surface area contributed by atoms with E-state index < -0.39 is 10.0 Å². The second kappa shape index (κ2) is 8.64. The van der Waals surface area contributed by atoms with Gasteiger partial charge >= 0.3 is 0 Å². The second-order valence-corrected chi connectivity index (χ2v) is 10.1. The number of anilines is 1. The maximum absolute atomic E-state index is 12.6. The number of nitrogens with zero attached hydrogens (tertiary/aromatic N) is 2. The van der Waals surface area contributed by atoms with Crippen LogP contribution in [0.3, 0.4) is 0 Å². The maximum Gasteiger partial charge on any atom is 0.251 e. The van der Waals surface area contributed by atoms with Gasteiger partial charge in [-0.15, -0.1) is 0 Å². The van der Waals surface area contributed by atoms with E-state index >= 15 is 0 Å². The molecule has 31 heavy (non-hydrogen) atoms. The maximum atomic E-state index is 12.6. The molecular weight excluding hydrogens is 414 g/mol. The van der Waals surface area contributed by atoms with E-state index in [1.807, 2.05) is 26.8 Å². The minimum Gasteiger partial charge on any atom is -0.326 e. The second-order valence-electron chi connectivity index (χ2n) is 7.91. The standard InChI is InChI=1S/C23H27N3O4S/c1-15-12-17(3)23-20(13-15)16(2)14-22(28)26(23)11-10-21(27)24-18-6-8-19(9-7-18)31(29,30)25(4)5/h6-9,12-14H,10-11H2,1-5H3,(H,24,27). The smallest absolute Gasteiger partial charge is 0.251 e. The number of rotatable bonds is 6. The lowest BCUT2D eigenvalue weighted by molar-refractivity contribution is -0.116. The fourth-order valence-electron chi connectivity index (χ4n) is 3.65. The van der Waals surface area contributed by atoms with E-state index in [1.54, 1.807) is 22.8 Å². The van der Waals surface area contributed by atoms with Crippen molar-refractivity contribution in [2.24, 2.45) is 0 Å². The van der Waals surface area contributed by atoms with E-state index in [-0.39, 0.29) is 29.3 Å². The van der Waals surface area contributed by atoms with Crippen molar-refractivity contribution < 1.29 is 13.2 Å². The third kappa shape index (κ3) is 4.70. The van der Waals surface area contributed by atoms with E-state index in [0.29, 0.717) is 5.69 Å². The number of fused-ring (bicyclic) bond motifs is 1. The SMILES string of the molecule is Cc1cc(C)c2c(c1)c(C)cc(=O)n2CCC(=O)Nc1ccc(S(=O)(=O)N(C)C)cc1. The summed E-state index contributed by atoms with van der Waals surface area (Å²) in [7, 11) is -0.596. The summed E-state index contributed by atoms with van der Waals surface area (Å²) in [6.45, 7) is 6.15. The molecular formula is C23H27N3O4S. The Labute approximate surface area is 182 Å². The van der Waals surface area contributed by atoms with Crippen LogP contribution in [0.5, 0.6) is 0 Å². The van der Waals surface area contributed by atoms with Crippen LogP contribution in [0.4, 0.5) is 5.69 Å². The molecule has 0 aliphatic carbocycles. The lowest BCUT2D eigenvalue weighted by Gasteiger charge is -2.15. The first-order valence-corrected chi connectivity index (χ1v) is 11.4. The van der Waals surface area contributed by atoms with Crippen molar-refractivity contribution in [3.05, 3.63) is 69.5 Å². The number of nitrogens with one attached hydrogen (secondary N) is 1. The first kappa shape index (κ1) is 22.7. The van der Waals surface area contributed by atoms with Crippen molar-refractivity contribution in [2.75, 3.05) is 19.4 Å². The van der Waals surface area contributed by atoms with Crippen molar-refractivity contribution in [3.8, 4) is 0 Å². The highest BCUT2D eigenvalue weighted by Gasteiger charge is 2.17. The van der Waals surface area contributed by atoms with Crippen molar-refractivity contribution >= 4 is 32.5 Å². The fourth-order valence-corrected chi connectivity index (χ4v) is 4.55. The predicted molar refractivity (Wildman–Crippen MR) is 123 cm³/mol. The number of hydrogen-bond donors (Lipinski definition) is 1. The summed E-state index contributed by atoms with van der Waals surface area (Å²) in [6, 6.07) is 11.7. The molecule has 1 N–H and O–H groups in total. The highest BCUT2D eigenvalue weighted by atomic mass is 32.2. The zero-order valence-corrected chi connectivity index (χ0v) is 19.2. The number of carbonyl (C=O) groups excluding carboxylic acids is 1. The predicted octanol–water partition coefficient (Wildman–Crippen LogP) is 3.21. The van der Waals surface area contributed by atoms with Gasteiger partial charge in [0.2, 0.25) is 15.9 Å². The van der Waals surface area contributed by atoms with Crippen LogP contribution >= 0.6 is 0 Å². The molecule has 0 bridgehead atoms. The molecule has 0 unspecified atom stereocenters. The molecule has 1 amide bonds. The normalized spacial score (nSPS) is 11.8. The van der Waals surface area contributed by atoms with Crippen LogP contribution in [0.15, 0.2) is 52.2 Å². The van der Waals surface area contributed by atoms with E-state index in [1.165, 1.54) is 26.2 Å². The largest absolute Gasteiger partial charge is 0.326 e. The molecule has 3 rings (SSSR count). The third-order valence-corrected chi connectivity index (χ3v) is 7.05. The molecule has 0 spiro atoms. The average molecular weight is 442 g/mol. The molecule has 0 aliphatic rings. The Kier molecular flexibility index (Phi) is 6.33. The van der Waals surface area contributed by atoms with E-state index in [2.05, 4.69) is 11.4 Å². The monoisotopic (exact) mass is 441 g/mol. The number of pyridine rings is 1. The molecule has 0 saturated carbocycles. The van der Waals surface area contributed by atoms with E-state index in [9.17, 15) is 18.0 Å². The van der Waals surface area contributed by atoms with Crippen molar-refractivity contribution in [2.45, 2.75) is 38.6 Å². The Morgan fingerprint density at radius 3 is 2.26 bits per heavy atom. The highest BCUT2D eigenvalue weighted by molar-refractivity contribution is 7.89. The number of carbonyl (C=O) groups is 1. The summed E-state index contributed by atoms with van der Waals surface area (Å²) in [5.41, 5.74) is 4.24. The van der Waals surface area contributed by atoms with E-state index in [0.717, 1.165) is 31.9 Å². The molecule has 8 heteroatoms. The topological polar surface area (TPSA) is 88.5 Å². The van der Waals surface area contributed by atoms with Gasteiger partial charge in [-0.2, -0.15) is 0 Å². The number of sulfonamides is 1. The minimum absolute atomic E-state index is 0.114. The highest BCUT2D eigenvalue weighted by Crippen LogP contribution is 2.23. The van der Waals surface area contributed by atoms with Gasteiger partial charge in [0.1, 0.15) is 0 Å². The summed E-state index contributed by atoms with van der Waals surface area (Å²) in [6.07, 6.45) is 0.114. The van der Waals surface area contributed by atoms with Gasteiger partial charge in [0.05, 0.1) is 10.4 Å². The zero-order chi connectivity index (χ0) is 22.9. The number of amides is 1. The summed E-state index contributed by atoms with van der Waals surface area (Å²) in [4.78, 5) is 25.2. The molecule has 7 nitrogen and oxygen atoms in total. The summed E-state index contributed by atoms with van der Waals surface area (Å²) in [5, 5.41) is 3.77. The number of aromatic nitrogens is 1. The molecule has 0 aliphatic heterocycles. The quantitative estimate of drug-likeness (QED) is 0.636. The zero-order valence-electron chi connectivity index (χ0n) is 18.4. The number of aryl methyl sites for hydroxylation is 4. The summed E-state index contributed by atoms with van der Waals surface area (Å²) < 4.78 is 27.1. The van der Waals surface area contributed by atoms with Gasteiger partial charge in [-0.25, -0.2) is 12.7 Å². The van der Waals surface area contributed by atoms with Gasteiger partial charge in [0.15, 0.2) is 0 Å². The van der Waals surface area contributed by atoms with Crippen LogP contribution in [0.25, 0.3) is 10.9 Å². The van der Waals surface area contributed by atoms with Crippen LogP contribution in [0.2, 0.25) is 0 Å². The first-order chi connectivity index (χ1) is 14.5. The Morgan fingerprint density at radius 2 is 1.65 bits per heavy atom. The first-order valence-electron chi connectivity index (χ1n) is 9.94. The van der Waals surface area contributed by atoms with Crippen molar-refractivity contribution in [1.29, 1.82) is 0 Å². The average Bonchev–Trinajstić information content (AvgIpc) is 2.68. The van der Waals surface area contributed by atoms with Crippen molar-refractivity contribution in [3.63, 3.8) is 0 Å². The molecule has 1 heterocycles. The molecule has 1 aromatic heterocycles. The molecule has 3 aromatic rings. The number of benzene rings is 2. The molecule has 0 atom stereocenters. The number of hydrogen-bond acceptors (Lipinski definition) is 4. The fraction of sp³-hybridized carbons (Fsp3) is 0.304. The van der Waals surface area contributed by atoms with Crippen LogP contribution in [-0.4, -0.2) is 37.3 Å². The van der Waals surface area contributed by atoms with Crippen LogP contribution < -0.4 is 10.9 Å². The Hall–Kier alpha value is -2.97. The van der Waals surface area contributed by atoms with Crippen molar-refractivity contribution in [1.82, 2.24) is 8.87 Å². The molecule has 2 aromatic carbocycles. The minimum atomic E-state index is -3.52. The van der Waals surface area contributed by atoms with Crippen LogP contribution in [0, 0.1) is 20.8 Å². The summed E-state index contributed by atoms with van der Waals surface area (Å²) in [5.74, 6) is -0.256. The van der Waals surface area contributed by atoms with Crippen LogP contribution in [0.1, 0.15) is 23.1 Å². The summed E-state index contributed by atoms with van der Waals surface area (Å²) >= 11 is 0. The van der Waals surface area contributed by atoms with Gasteiger partial charge in [-0.05, 0) is 62.2 Å². The molecule has 0 saturated heterocycles. The van der Waals surface area contributed by atoms with Gasteiger partial charge < -0.3 is 9.88 Å². The lowest BCUT2D eigenvalue weighted by atomic mass is 10.0. The van der Waals surface area contributed by atoms with Gasteiger partial charge in [-0.3, -0.25) is 9.59 Å².